The van der Waals surface area contributed by atoms with Crippen LogP contribution in [0.25, 0.3) is 0 Å². The molecule has 0 bridgehead atoms. The molecule has 2 aromatic carbocycles. The van der Waals surface area contributed by atoms with E-state index < -0.39 is 6.10 Å². The number of hydrogen-bond donors (Lipinski definition) is 1. The molecule has 26 heavy (non-hydrogen) atoms. The van der Waals surface area contributed by atoms with Gasteiger partial charge in [0, 0.05) is 4.47 Å². The van der Waals surface area contributed by atoms with Crippen molar-refractivity contribution in [2.45, 2.75) is 39.3 Å². The number of methoxy groups -OCH3 is 1. The standard InChI is InChI=1S/C21H26BrNO3/c1-14(2)13-20(16-5-9-18(25-4)10-6-16)23-21(24)15(3)26-19-11-7-17(22)8-12-19/h5-12,14-15,20H,13H2,1-4H3,(H,23,24)/t15-,20+/m0/s1. The second-order valence-corrected chi connectivity index (χ2v) is 7.59. The Morgan fingerprint density at radius 2 is 1.58 bits per heavy atom. The average Bonchev–Trinajstić information content (AvgIpc) is 2.62. The molecule has 5 heteroatoms. The minimum atomic E-state index is -0.580. The number of ether oxygens (including phenoxy) is 2. The highest BCUT2D eigenvalue weighted by Gasteiger charge is 2.21. The molecular formula is C21H26BrNO3. The van der Waals surface area contributed by atoms with Gasteiger partial charge in [-0.2, -0.15) is 0 Å². The molecule has 0 aromatic heterocycles. The fourth-order valence-corrected chi connectivity index (χ4v) is 2.91. The highest BCUT2D eigenvalue weighted by Crippen LogP contribution is 2.24. The third-order valence-corrected chi connectivity index (χ3v) is 4.57. The Balaban J connectivity index is 2.05. The molecule has 0 spiro atoms. The van der Waals surface area contributed by atoms with E-state index in [1.54, 1.807) is 14.0 Å². The molecule has 4 nitrogen and oxygen atoms in total. The molecule has 2 aromatic rings. The van der Waals surface area contributed by atoms with Crippen LogP contribution in [0.1, 0.15) is 38.8 Å². The van der Waals surface area contributed by atoms with Gasteiger partial charge in [-0.1, -0.05) is 41.9 Å². The molecule has 0 heterocycles. The summed E-state index contributed by atoms with van der Waals surface area (Å²) in [6.45, 7) is 6.05. The van der Waals surface area contributed by atoms with Crippen LogP contribution in [0, 0.1) is 5.92 Å². The molecule has 0 radical (unpaired) electrons. The highest BCUT2D eigenvalue weighted by molar-refractivity contribution is 9.10. The second kappa shape index (κ2) is 9.62. The summed E-state index contributed by atoms with van der Waals surface area (Å²) >= 11 is 3.39. The van der Waals surface area contributed by atoms with E-state index in [9.17, 15) is 4.79 Å². The Bertz CT molecular complexity index is 698. The predicted molar refractivity (Wildman–Crippen MR) is 108 cm³/mol. The van der Waals surface area contributed by atoms with E-state index in [1.165, 1.54) is 0 Å². The van der Waals surface area contributed by atoms with E-state index in [2.05, 4.69) is 35.1 Å². The number of rotatable bonds is 8. The summed E-state index contributed by atoms with van der Waals surface area (Å²) in [5.41, 5.74) is 1.06. The number of nitrogens with one attached hydrogen (secondary N) is 1. The first-order valence-corrected chi connectivity index (χ1v) is 9.55. The molecule has 0 aliphatic carbocycles. The Morgan fingerprint density at radius 3 is 2.12 bits per heavy atom. The molecule has 0 aliphatic heterocycles. The molecule has 0 fully saturated rings. The fourth-order valence-electron chi connectivity index (χ4n) is 2.65. The Labute approximate surface area is 164 Å². The summed E-state index contributed by atoms with van der Waals surface area (Å²) in [4.78, 5) is 12.6. The van der Waals surface area contributed by atoms with Crippen molar-refractivity contribution in [2.75, 3.05) is 7.11 Å². The molecule has 2 rings (SSSR count). The highest BCUT2D eigenvalue weighted by atomic mass is 79.9. The van der Waals surface area contributed by atoms with Crippen LogP contribution in [-0.2, 0) is 4.79 Å². The third-order valence-electron chi connectivity index (χ3n) is 4.04. The SMILES string of the molecule is COc1ccc([C@@H](CC(C)C)NC(=O)[C@H](C)Oc2ccc(Br)cc2)cc1. The summed E-state index contributed by atoms with van der Waals surface area (Å²) in [6.07, 6.45) is 0.271. The van der Waals surface area contributed by atoms with Crippen molar-refractivity contribution in [1.82, 2.24) is 5.32 Å². The van der Waals surface area contributed by atoms with E-state index in [-0.39, 0.29) is 11.9 Å². The lowest BCUT2D eigenvalue weighted by molar-refractivity contribution is -0.128. The maximum absolute atomic E-state index is 12.6. The number of halogens is 1. The van der Waals surface area contributed by atoms with E-state index in [0.29, 0.717) is 11.7 Å². The number of benzene rings is 2. The largest absolute Gasteiger partial charge is 0.497 e. The van der Waals surface area contributed by atoms with Crippen LogP contribution < -0.4 is 14.8 Å². The Morgan fingerprint density at radius 1 is 1.00 bits per heavy atom. The zero-order valence-electron chi connectivity index (χ0n) is 15.7. The van der Waals surface area contributed by atoms with Crippen LogP contribution in [0.5, 0.6) is 11.5 Å². The van der Waals surface area contributed by atoms with Crippen LogP contribution in [0.3, 0.4) is 0 Å². The lowest BCUT2D eigenvalue weighted by Gasteiger charge is -2.23. The summed E-state index contributed by atoms with van der Waals surface area (Å²) in [7, 11) is 1.64. The zero-order chi connectivity index (χ0) is 19.1. The van der Waals surface area contributed by atoms with Gasteiger partial charge in [-0.3, -0.25) is 4.79 Å². The van der Waals surface area contributed by atoms with Gasteiger partial charge in [0.05, 0.1) is 13.2 Å². The monoisotopic (exact) mass is 419 g/mol. The summed E-state index contributed by atoms with van der Waals surface area (Å²) in [5, 5.41) is 3.12. The van der Waals surface area contributed by atoms with Crippen LogP contribution in [-0.4, -0.2) is 19.1 Å². The summed E-state index contributed by atoms with van der Waals surface area (Å²) < 4.78 is 11.9. The normalized spacial score (nSPS) is 13.2. The van der Waals surface area contributed by atoms with Crippen molar-refractivity contribution < 1.29 is 14.3 Å². The van der Waals surface area contributed by atoms with Crippen molar-refractivity contribution in [1.29, 1.82) is 0 Å². The predicted octanol–water partition coefficient (Wildman–Crippen LogP) is 5.13. The van der Waals surface area contributed by atoms with E-state index >= 15 is 0 Å². The van der Waals surface area contributed by atoms with Gasteiger partial charge in [0.25, 0.3) is 5.91 Å². The summed E-state index contributed by atoms with van der Waals surface area (Å²) in [6, 6.07) is 15.2. The molecule has 1 N–H and O–H groups in total. The number of hydrogen-bond acceptors (Lipinski definition) is 3. The number of carbonyl (C=O) groups excluding carboxylic acids is 1. The van der Waals surface area contributed by atoms with E-state index in [1.807, 2.05) is 48.5 Å². The quantitative estimate of drug-likeness (QED) is 0.644. The molecule has 0 saturated heterocycles. The molecular weight excluding hydrogens is 394 g/mol. The lowest BCUT2D eigenvalue weighted by Crippen LogP contribution is -2.39. The van der Waals surface area contributed by atoms with Gasteiger partial charge >= 0.3 is 0 Å². The molecule has 140 valence electrons. The van der Waals surface area contributed by atoms with E-state index in [4.69, 9.17) is 9.47 Å². The van der Waals surface area contributed by atoms with Gasteiger partial charge in [0.15, 0.2) is 6.10 Å². The number of amides is 1. The molecule has 0 saturated carbocycles. The van der Waals surface area contributed by atoms with Crippen LogP contribution in [0.2, 0.25) is 0 Å². The van der Waals surface area contributed by atoms with Crippen molar-refractivity contribution in [2.24, 2.45) is 5.92 Å². The Kier molecular flexibility index (Phi) is 7.51. The van der Waals surface area contributed by atoms with Crippen molar-refractivity contribution in [3.05, 3.63) is 58.6 Å². The molecule has 0 unspecified atom stereocenters. The number of carbonyl (C=O) groups is 1. The maximum atomic E-state index is 12.6. The van der Waals surface area contributed by atoms with Crippen molar-refractivity contribution >= 4 is 21.8 Å². The smallest absolute Gasteiger partial charge is 0.261 e. The third kappa shape index (κ3) is 6.06. The van der Waals surface area contributed by atoms with Gasteiger partial charge in [-0.05, 0) is 61.2 Å². The first-order valence-electron chi connectivity index (χ1n) is 8.75. The topological polar surface area (TPSA) is 47.6 Å². The molecule has 1 amide bonds. The minimum absolute atomic E-state index is 0.0654. The first-order chi connectivity index (χ1) is 12.4. The van der Waals surface area contributed by atoms with Crippen LogP contribution in [0.4, 0.5) is 0 Å². The fraction of sp³-hybridized carbons (Fsp3) is 0.381. The van der Waals surface area contributed by atoms with Crippen LogP contribution >= 0.6 is 15.9 Å². The Hall–Kier alpha value is -2.01. The molecule has 2 atom stereocenters. The van der Waals surface area contributed by atoms with Crippen molar-refractivity contribution in [3.8, 4) is 11.5 Å². The average molecular weight is 420 g/mol. The lowest BCUT2D eigenvalue weighted by atomic mass is 9.96. The maximum Gasteiger partial charge on any atom is 0.261 e. The van der Waals surface area contributed by atoms with Gasteiger partial charge in [-0.15, -0.1) is 0 Å². The van der Waals surface area contributed by atoms with Gasteiger partial charge < -0.3 is 14.8 Å². The first kappa shape index (κ1) is 20.3. The zero-order valence-corrected chi connectivity index (χ0v) is 17.2. The van der Waals surface area contributed by atoms with Crippen LogP contribution in [0.15, 0.2) is 53.0 Å². The second-order valence-electron chi connectivity index (χ2n) is 6.68. The van der Waals surface area contributed by atoms with Gasteiger partial charge in [-0.25, -0.2) is 0 Å². The minimum Gasteiger partial charge on any atom is -0.497 e. The van der Waals surface area contributed by atoms with Crippen molar-refractivity contribution in [3.63, 3.8) is 0 Å². The van der Waals surface area contributed by atoms with Gasteiger partial charge in [0.1, 0.15) is 11.5 Å². The molecule has 0 aliphatic rings. The van der Waals surface area contributed by atoms with Gasteiger partial charge in [0.2, 0.25) is 0 Å². The summed E-state index contributed by atoms with van der Waals surface area (Å²) in [5.74, 6) is 1.79. The van der Waals surface area contributed by atoms with E-state index in [0.717, 1.165) is 22.2 Å².